The van der Waals surface area contributed by atoms with E-state index < -0.39 is 14.8 Å². The fourth-order valence-corrected chi connectivity index (χ4v) is 2.47. The molecule has 1 N–H and O–H groups in total. The van der Waals surface area contributed by atoms with E-state index in [-0.39, 0.29) is 23.7 Å². The molecule has 1 heterocycles. The molecule has 0 radical (unpaired) electrons. The van der Waals surface area contributed by atoms with Crippen molar-refractivity contribution in [2.75, 3.05) is 23.4 Å². The monoisotopic (exact) mass is 310 g/mol. The lowest BCUT2D eigenvalue weighted by Crippen LogP contribution is -2.17. The number of nitro benzene ring substituents is 1. The molecule has 0 spiro atoms. The van der Waals surface area contributed by atoms with Crippen molar-refractivity contribution in [3.63, 3.8) is 0 Å². The Bertz CT molecular complexity index is 776. The van der Waals surface area contributed by atoms with Gasteiger partial charge in [0.1, 0.15) is 12.1 Å². The van der Waals surface area contributed by atoms with Gasteiger partial charge < -0.3 is 5.32 Å². The van der Waals surface area contributed by atoms with Crippen LogP contribution in [0.4, 0.5) is 11.5 Å². The second-order valence-electron chi connectivity index (χ2n) is 4.34. The minimum atomic E-state index is -3.08. The number of fused-ring (bicyclic) bond motifs is 1. The third-order valence-corrected chi connectivity index (χ3v) is 4.68. The lowest BCUT2D eigenvalue weighted by molar-refractivity contribution is -0.384. The van der Waals surface area contributed by atoms with Crippen LogP contribution in [0, 0.1) is 10.1 Å². The average Bonchev–Trinajstić information content (AvgIpc) is 2.46. The molecular formula is C12H14N4O4S. The highest BCUT2D eigenvalue weighted by Crippen LogP contribution is 2.24. The molecule has 0 aliphatic rings. The highest BCUT2D eigenvalue weighted by Gasteiger charge is 2.12. The van der Waals surface area contributed by atoms with Crippen molar-refractivity contribution in [2.24, 2.45) is 0 Å². The van der Waals surface area contributed by atoms with Gasteiger partial charge in [-0.3, -0.25) is 10.1 Å². The van der Waals surface area contributed by atoms with Crippen LogP contribution in [-0.4, -0.2) is 41.4 Å². The molecule has 0 bridgehead atoms. The van der Waals surface area contributed by atoms with E-state index in [1.807, 2.05) is 0 Å². The predicted octanol–water partition coefficient (Wildman–Crippen LogP) is 1.38. The standard InChI is InChI=1S/C12H14N4O4S/c1-2-21(19,20)6-5-13-12-10-7-9(16(17)18)3-4-11(10)14-8-15-12/h3-4,7-8H,2,5-6H2,1H3,(H,13,14,15). The first-order chi connectivity index (χ1) is 9.93. The van der Waals surface area contributed by atoms with E-state index in [2.05, 4.69) is 15.3 Å². The van der Waals surface area contributed by atoms with Gasteiger partial charge in [-0.05, 0) is 6.07 Å². The van der Waals surface area contributed by atoms with E-state index in [4.69, 9.17) is 0 Å². The van der Waals surface area contributed by atoms with Gasteiger partial charge in [0.2, 0.25) is 0 Å². The van der Waals surface area contributed by atoms with Crippen LogP contribution in [0.5, 0.6) is 0 Å². The van der Waals surface area contributed by atoms with E-state index in [0.717, 1.165) is 0 Å². The number of hydrogen-bond donors (Lipinski definition) is 1. The van der Waals surface area contributed by atoms with Gasteiger partial charge in [0.05, 0.1) is 16.2 Å². The number of sulfone groups is 1. The Hall–Kier alpha value is -2.29. The Balaban J connectivity index is 2.27. The summed E-state index contributed by atoms with van der Waals surface area (Å²) in [4.78, 5) is 18.3. The molecule has 0 aliphatic carbocycles. The molecule has 0 aliphatic heterocycles. The molecular weight excluding hydrogens is 296 g/mol. The number of non-ortho nitro benzene ring substituents is 1. The van der Waals surface area contributed by atoms with Crippen molar-refractivity contribution < 1.29 is 13.3 Å². The van der Waals surface area contributed by atoms with E-state index in [1.54, 1.807) is 6.92 Å². The summed E-state index contributed by atoms with van der Waals surface area (Å²) >= 11 is 0. The molecule has 0 unspecified atom stereocenters. The molecule has 2 rings (SSSR count). The summed E-state index contributed by atoms with van der Waals surface area (Å²) in [6.45, 7) is 1.77. The van der Waals surface area contributed by atoms with Crippen molar-refractivity contribution in [2.45, 2.75) is 6.92 Å². The number of hydrogen-bond acceptors (Lipinski definition) is 7. The number of nitro groups is 1. The zero-order valence-corrected chi connectivity index (χ0v) is 12.1. The highest BCUT2D eigenvalue weighted by molar-refractivity contribution is 7.91. The van der Waals surface area contributed by atoms with Gasteiger partial charge in [0, 0.05) is 29.8 Å². The smallest absolute Gasteiger partial charge is 0.270 e. The second-order valence-corrected chi connectivity index (χ2v) is 6.82. The quantitative estimate of drug-likeness (QED) is 0.633. The average molecular weight is 310 g/mol. The number of nitrogens with one attached hydrogen (secondary N) is 1. The fraction of sp³-hybridized carbons (Fsp3) is 0.333. The summed E-state index contributed by atoms with van der Waals surface area (Å²) in [6.07, 6.45) is 1.32. The summed E-state index contributed by atoms with van der Waals surface area (Å²) in [5.74, 6) is 0.434. The van der Waals surface area contributed by atoms with Gasteiger partial charge in [0.15, 0.2) is 9.84 Å². The van der Waals surface area contributed by atoms with Crippen LogP contribution in [0.15, 0.2) is 24.5 Å². The van der Waals surface area contributed by atoms with Gasteiger partial charge in [-0.2, -0.15) is 0 Å². The topological polar surface area (TPSA) is 115 Å². The largest absolute Gasteiger partial charge is 0.368 e. The summed E-state index contributed by atoms with van der Waals surface area (Å²) in [5, 5.41) is 14.2. The first-order valence-electron chi connectivity index (χ1n) is 6.26. The first-order valence-corrected chi connectivity index (χ1v) is 8.08. The molecule has 0 saturated carbocycles. The molecule has 0 saturated heterocycles. The minimum Gasteiger partial charge on any atom is -0.368 e. The molecule has 1 aromatic carbocycles. The summed E-state index contributed by atoms with van der Waals surface area (Å²) < 4.78 is 22.9. The highest BCUT2D eigenvalue weighted by atomic mass is 32.2. The molecule has 21 heavy (non-hydrogen) atoms. The number of aromatic nitrogens is 2. The molecule has 9 heteroatoms. The Labute approximate surface area is 121 Å². The van der Waals surface area contributed by atoms with Crippen LogP contribution in [-0.2, 0) is 9.84 Å². The van der Waals surface area contributed by atoms with Crippen LogP contribution in [0.2, 0.25) is 0 Å². The van der Waals surface area contributed by atoms with Crippen molar-refractivity contribution in [1.82, 2.24) is 9.97 Å². The predicted molar refractivity (Wildman–Crippen MR) is 79.0 cm³/mol. The van der Waals surface area contributed by atoms with E-state index >= 15 is 0 Å². The first kappa shape index (κ1) is 15.1. The van der Waals surface area contributed by atoms with Crippen LogP contribution < -0.4 is 5.32 Å². The van der Waals surface area contributed by atoms with Gasteiger partial charge in [-0.15, -0.1) is 0 Å². The van der Waals surface area contributed by atoms with Crippen LogP contribution in [0.1, 0.15) is 6.92 Å². The Morgan fingerprint density at radius 1 is 1.33 bits per heavy atom. The molecule has 0 atom stereocenters. The fourth-order valence-electron chi connectivity index (χ4n) is 1.77. The molecule has 112 valence electrons. The zero-order valence-electron chi connectivity index (χ0n) is 11.3. The summed E-state index contributed by atoms with van der Waals surface area (Å²) in [6, 6.07) is 4.26. The lowest BCUT2D eigenvalue weighted by Gasteiger charge is -2.08. The summed E-state index contributed by atoms with van der Waals surface area (Å²) in [7, 11) is -3.08. The van der Waals surface area contributed by atoms with E-state index in [1.165, 1.54) is 24.5 Å². The number of anilines is 1. The Morgan fingerprint density at radius 2 is 2.10 bits per heavy atom. The minimum absolute atomic E-state index is 0.0239. The van der Waals surface area contributed by atoms with E-state index in [9.17, 15) is 18.5 Å². The Morgan fingerprint density at radius 3 is 2.76 bits per heavy atom. The molecule has 0 fully saturated rings. The number of nitrogens with zero attached hydrogens (tertiary/aromatic N) is 3. The van der Waals surface area contributed by atoms with Crippen LogP contribution in [0.3, 0.4) is 0 Å². The van der Waals surface area contributed by atoms with Crippen molar-refractivity contribution in [1.29, 1.82) is 0 Å². The van der Waals surface area contributed by atoms with Gasteiger partial charge in [0.25, 0.3) is 5.69 Å². The van der Waals surface area contributed by atoms with Crippen molar-refractivity contribution in [3.8, 4) is 0 Å². The third kappa shape index (κ3) is 3.63. The number of benzene rings is 1. The molecule has 2 aromatic rings. The van der Waals surface area contributed by atoms with Gasteiger partial charge in [-0.25, -0.2) is 18.4 Å². The van der Waals surface area contributed by atoms with Crippen LogP contribution >= 0.6 is 0 Å². The lowest BCUT2D eigenvalue weighted by atomic mass is 10.2. The van der Waals surface area contributed by atoms with Gasteiger partial charge >= 0.3 is 0 Å². The molecule has 8 nitrogen and oxygen atoms in total. The normalized spacial score (nSPS) is 11.5. The van der Waals surface area contributed by atoms with E-state index in [0.29, 0.717) is 16.7 Å². The van der Waals surface area contributed by atoms with Crippen molar-refractivity contribution in [3.05, 3.63) is 34.6 Å². The zero-order chi connectivity index (χ0) is 15.5. The maximum absolute atomic E-state index is 11.4. The second kappa shape index (κ2) is 6.00. The number of rotatable bonds is 6. The van der Waals surface area contributed by atoms with Crippen LogP contribution in [0.25, 0.3) is 10.9 Å². The SMILES string of the molecule is CCS(=O)(=O)CCNc1ncnc2ccc([N+](=O)[O-])cc12. The molecule has 0 amide bonds. The van der Waals surface area contributed by atoms with Crippen molar-refractivity contribution >= 4 is 32.2 Å². The Kier molecular flexibility index (Phi) is 4.32. The maximum atomic E-state index is 11.4. The van der Waals surface area contributed by atoms with Gasteiger partial charge in [-0.1, -0.05) is 6.92 Å². The molecule has 1 aromatic heterocycles. The maximum Gasteiger partial charge on any atom is 0.270 e. The summed E-state index contributed by atoms with van der Waals surface area (Å²) in [5.41, 5.74) is 0.484. The third-order valence-electron chi connectivity index (χ3n) is 2.98.